The van der Waals surface area contributed by atoms with Crippen molar-refractivity contribution in [3.63, 3.8) is 0 Å². The molecule has 1 fully saturated rings. The van der Waals surface area contributed by atoms with Gasteiger partial charge < -0.3 is 15.7 Å². The second-order valence-corrected chi connectivity index (χ2v) is 8.02. The maximum absolute atomic E-state index is 9.74. The van der Waals surface area contributed by atoms with E-state index in [9.17, 15) is 5.11 Å². The van der Waals surface area contributed by atoms with Gasteiger partial charge in [-0.15, -0.1) is 5.10 Å². The van der Waals surface area contributed by atoms with Crippen LogP contribution in [-0.4, -0.2) is 41.6 Å². The first-order valence-electron chi connectivity index (χ1n) is 10.7. The number of aliphatic hydroxyl groups excluding tert-OH is 1. The number of anilines is 3. The molecule has 3 N–H and O–H groups in total. The molecular weight excluding hydrogens is 378 g/mol. The predicted molar refractivity (Wildman–Crippen MR) is 118 cm³/mol. The molecule has 3 aromatic heterocycles. The van der Waals surface area contributed by atoms with Gasteiger partial charge in [-0.2, -0.15) is 14.6 Å². The molecule has 5 rings (SSSR count). The number of benzene rings is 1. The highest BCUT2D eigenvalue weighted by atomic mass is 16.3. The lowest BCUT2D eigenvalue weighted by molar-refractivity contribution is 0.126. The Kier molecular flexibility index (Phi) is 4.78. The third-order valence-electron chi connectivity index (χ3n) is 5.90. The van der Waals surface area contributed by atoms with Crippen LogP contribution in [0.1, 0.15) is 38.3 Å². The van der Waals surface area contributed by atoms with Gasteiger partial charge >= 0.3 is 0 Å². The maximum Gasteiger partial charge on any atom is 0.247 e. The summed E-state index contributed by atoms with van der Waals surface area (Å²) in [5, 5.41) is 27.1. The van der Waals surface area contributed by atoms with Gasteiger partial charge in [-0.3, -0.25) is 4.68 Å². The van der Waals surface area contributed by atoms with Crippen molar-refractivity contribution in [2.45, 2.75) is 58.2 Å². The Morgan fingerprint density at radius 3 is 2.73 bits per heavy atom. The van der Waals surface area contributed by atoms with E-state index in [0.717, 1.165) is 66.0 Å². The van der Waals surface area contributed by atoms with E-state index < -0.39 is 0 Å². The molecule has 0 radical (unpaired) electrons. The molecule has 1 aliphatic rings. The molecule has 4 aromatic rings. The van der Waals surface area contributed by atoms with Gasteiger partial charge in [-0.05, 0) is 69.9 Å². The smallest absolute Gasteiger partial charge is 0.247 e. The first-order chi connectivity index (χ1) is 14.6. The molecule has 1 aliphatic carbocycles. The zero-order valence-electron chi connectivity index (χ0n) is 17.3. The number of pyridine rings is 1. The lowest BCUT2D eigenvalue weighted by atomic mass is 9.93. The molecule has 3 heterocycles. The Morgan fingerprint density at radius 2 is 1.93 bits per heavy atom. The molecule has 30 heavy (non-hydrogen) atoms. The standard InChI is InChI=1S/C22H27N7O/c1-3-28-19-13-16(9-12-18(19)14(2)26-28)24-22-25-21-6-4-5-20(29(21)27-22)23-15-7-10-17(30)11-8-15/h4-6,9,12-13,15,17,23,30H,3,7-8,10-11H2,1-2H3,(H,24,27). The monoisotopic (exact) mass is 405 g/mol. The number of nitrogens with one attached hydrogen (secondary N) is 2. The second kappa shape index (κ2) is 7.60. The van der Waals surface area contributed by atoms with E-state index in [1.54, 1.807) is 0 Å². The average molecular weight is 406 g/mol. The van der Waals surface area contributed by atoms with Crippen molar-refractivity contribution in [3.8, 4) is 0 Å². The Hall–Kier alpha value is -3.13. The van der Waals surface area contributed by atoms with Crippen LogP contribution in [0.15, 0.2) is 36.4 Å². The van der Waals surface area contributed by atoms with Crippen LogP contribution in [0.5, 0.6) is 0 Å². The Labute approximate surface area is 174 Å². The van der Waals surface area contributed by atoms with Gasteiger partial charge in [0.1, 0.15) is 5.82 Å². The van der Waals surface area contributed by atoms with Crippen molar-refractivity contribution >= 4 is 34.0 Å². The number of rotatable bonds is 5. The highest BCUT2D eigenvalue weighted by molar-refractivity contribution is 5.85. The molecule has 0 atom stereocenters. The van der Waals surface area contributed by atoms with E-state index >= 15 is 0 Å². The summed E-state index contributed by atoms with van der Waals surface area (Å²) < 4.78 is 3.85. The van der Waals surface area contributed by atoms with Crippen LogP contribution in [0.3, 0.4) is 0 Å². The van der Waals surface area contributed by atoms with Gasteiger partial charge in [0, 0.05) is 23.7 Å². The minimum absolute atomic E-state index is 0.161. The maximum atomic E-state index is 9.74. The molecule has 1 saturated carbocycles. The third kappa shape index (κ3) is 3.47. The van der Waals surface area contributed by atoms with E-state index in [2.05, 4.69) is 44.9 Å². The number of fused-ring (bicyclic) bond motifs is 2. The summed E-state index contributed by atoms with van der Waals surface area (Å²) in [6, 6.07) is 12.5. The van der Waals surface area contributed by atoms with Crippen LogP contribution in [0.25, 0.3) is 16.6 Å². The van der Waals surface area contributed by atoms with Crippen molar-refractivity contribution < 1.29 is 5.11 Å². The zero-order valence-corrected chi connectivity index (χ0v) is 17.3. The molecule has 1 aromatic carbocycles. The number of aliphatic hydroxyl groups is 1. The van der Waals surface area contributed by atoms with Crippen LogP contribution in [-0.2, 0) is 6.54 Å². The first-order valence-corrected chi connectivity index (χ1v) is 10.7. The van der Waals surface area contributed by atoms with E-state index in [-0.39, 0.29) is 6.10 Å². The van der Waals surface area contributed by atoms with Crippen molar-refractivity contribution in [2.24, 2.45) is 0 Å². The second-order valence-electron chi connectivity index (χ2n) is 8.02. The Morgan fingerprint density at radius 1 is 1.10 bits per heavy atom. The van der Waals surface area contributed by atoms with Crippen molar-refractivity contribution in [1.82, 2.24) is 24.4 Å². The van der Waals surface area contributed by atoms with Crippen molar-refractivity contribution in [1.29, 1.82) is 0 Å². The number of aromatic nitrogens is 5. The van der Waals surface area contributed by atoms with Gasteiger partial charge in [0.2, 0.25) is 5.95 Å². The fraction of sp³-hybridized carbons (Fsp3) is 0.409. The molecule has 8 heteroatoms. The minimum atomic E-state index is -0.161. The summed E-state index contributed by atoms with van der Waals surface area (Å²) in [4.78, 5) is 4.64. The van der Waals surface area contributed by atoms with Gasteiger partial charge in [0.15, 0.2) is 5.65 Å². The molecule has 0 aliphatic heterocycles. The normalized spacial score (nSPS) is 19.4. The summed E-state index contributed by atoms with van der Waals surface area (Å²) in [7, 11) is 0. The lowest BCUT2D eigenvalue weighted by Gasteiger charge is -2.26. The summed E-state index contributed by atoms with van der Waals surface area (Å²) in [6.07, 6.45) is 3.44. The number of hydrogen-bond acceptors (Lipinski definition) is 6. The van der Waals surface area contributed by atoms with E-state index in [1.165, 1.54) is 0 Å². The minimum Gasteiger partial charge on any atom is -0.393 e. The molecule has 0 unspecified atom stereocenters. The van der Waals surface area contributed by atoms with Gasteiger partial charge in [0.05, 0.1) is 17.3 Å². The van der Waals surface area contributed by atoms with Crippen LogP contribution in [0.2, 0.25) is 0 Å². The van der Waals surface area contributed by atoms with Gasteiger partial charge in [-0.25, -0.2) is 0 Å². The Bertz CT molecular complexity index is 1190. The number of hydrogen-bond donors (Lipinski definition) is 3. The molecule has 8 nitrogen and oxygen atoms in total. The van der Waals surface area contributed by atoms with E-state index in [0.29, 0.717) is 12.0 Å². The first kappa shape index (κ1) is 18.9. The molecule has 156 valence electrons. The van der Waals surface area contributed by atoms with Crippen LogP contribution < -0.4 is 10.6 Å². The lowest BCUT2D eigenvalue weighted by Crippen LogP contribution is -2.29. The largest absolute Gasteiger partial charge is 0.393 e. The number of nitrogens with zero attached hydrogens (tertiary/aromatic N) is 5. The summed E-state index contributed by atoms with van der Waals surface area (Å²) >= 11 is 0. The van der Waals surface area contributed by atoms with Crippen LogP contribution in [0, 0.1) is 6.92 Å². The van der Waals surface area contributed by atoms with Crippen molar-refractivity contribution in [3.05, 3.63) is 42.1 Å². The summed E-state index contributed by atoms with van der Waals surface area (Å²) in [5.74, 6) is 1.48. The van der Waals surface area contributed by atoms with Gasteiger partial charge in [0.25, 0.3) is 0 Å². The SMILES string of the molecule is CCn1nc(C)c2ccc(Nc3nc4cccc(NC5CCC(O)CC5)n4n3)cc21. The summed E-state index contributed by atoms with van der Waals surface area (Å²) in [6.45, 7) is 4.96. The predicted octanol–water partition coefficient (Wildman–Crippen LogP) is 3.87. The van der Waals surface area contributed by atoms with Crippen molar-refractivity contribution in [2.75, 3.05) is 10.6 Å². The molecular formula is C22H27N7O. The molecule has 0 bridgehead atoms. The molecule has 0 spiro atoms. The highest BCUT2D eigenvalue weighted by Gasteiger charge is 2.20. The fourth-order valence-corrected chi connectivity index (χ4v) is 4.28. The summed E-state index contributed by atoms with van der Waals surface area (Å²) in [5.41, 5.74) is 3.86. The highest BCUT2D eigenvalue weighted by Crippen LogP contribution is 2.25. The van der Waals surface area contributed by atoms with Crippen LogP contribution >= 0.6 is 0 Å². The molecule has 0 saturated heterocycles. The van der Waals surface area contributed by atoms with E-state index in [4.69, 9.17) is 0 Å². The topological polar surface area (TPSA) is 92.3 Å². The fourth-order valence-electron chi connectivity index (χ4n) is 4.28. The van der Waals surface area contributed by atoms with Gasteiger partial charge in [-0.1, -0.05) is 6.07 Å². The quantitative estimate of drug-likeness (QED) is 0.467. The Balaban J connectivity index is 1.41. The third-order valence-corrected chi connectivity index (χ3v) is 5.90. The average Bonchev–Trinajstić information content (AvgIpc) is 3.30. The van der Waals surface area contributed by atoms with Crippen LogP contribution in [0.4, 0.5) is 17.5 Å². The molecule has 0 amide bonds. The number of aryl methyl sites for hydroxylation is 2. The zero-order chi connectivity index (χ0) is 20.7. The van der Waals surface area contributed by atoms with E-state index in [1.807, 2.05) is 40.4 Å².